The lowest BCUT2D eigenvalue weighted by Gasteiger charge is -2.32. The second-order valence-corrected chi connectivity index (χ2v) is 8.70. The maximum absolute atomic E-state index is 13.3. The zero-order valence-electron chi connectivity index (χ0n) is 15.5. The summed E-state index contributed by atoms with van der Waals surface area (Å²) in [7, 11) is -3.58. The fourth-order valence-corrected chi connectivity index (χ4v) is 4.61. The summed E-state index contributed by atoms with van der Waals surface area (Å²) in [5, 5.41) is 3.95. The van der Waals surface area contributed by atoms with Gasteiger partial charge in [0.25, 0.3) is 0 Å². The molecule has 2 heterocycles. The van der Waals surface area contributed by atoms with Gasteiger partial charge >= 0.3 is 6.01 Å². The molecule has 2 N–H and O–H groups in total. The van der Waals surface area contributed by atoms with Crippen LogP contribution in [0.5, 0.6) is 0 Å². The van der Waals surface area contributed by atoms with Gasteiger partial charge < -0.3 is 15.2 Å². The third-order valence-corrected chi connectivity index (χ3v) is 6.65. The molecule has 1 fully saturated rings. The topological polar surface area (TPSA) is 106 Å². The molecule has 0 amide bonds. The molecule has 1 saturated heterocycles. The van der Waals surface area contributed by atoms with E-state index in [0.29, 0.717) is 50.1 Å². The van der Waals surface area contributed by atoms with Gasteiger partial charge in [-0.2, -0.15) is 9.29 Å². The van der Waals surface area contributed by atoms with E-state index in [9.17, 15) is 12.8 Å². The van der Waals surface area contributed by atoms with Crippen molar-refractivity contribution in [3.05, 3.63) is 65.7 Å². The third-order valence-electron chi connectivity index (χ3n) is 4.74. The van der Waals surface area contributed by atoms with Crippen molar-refractivity contribution in [1.82, 2.24) is 14.4 Å². The lowest BCUT2D eigenvalue weighted by atomic mass is 10.1. The van der Waals surface area contributed by atoms with Gasteiger partial charge in [-0.15, -0.1) is 0 Å². The highest BCUT2D eigenvalue weighted by molar-refractivity contribution is 7.89. The summed E-state index contributed by atoms with van der Waals surface area (Å²) in [5.74, 6) is 0.132. The van der Waals surface area contributed by atoms with Crippen LogP contribution in [0.15, 0.2) is 57.9 Å². The summed E-state index contributed by atoms with van der Waals surface area (Å²) < 4.78 is 45.6. The van der Waals surface area contributed by atoms with E-state index in [-0.39, 0.29) is 10.7 Å². The molecule has 0 radical (unpaired) electrons. The molecule has 0 atom stereocenters. The maximum Gasteiger partial charge on any atom is 0.324 e. The number of nitrogens with two attached hydrogens (primary N) is 1. The minimum atomic E-state index is -3.58. The van der Waals surface area contributed by atoms with E-state index in [0.717, 1.165) is 5.56 Å². The van der Waals surface area contributed by atoms with Crippen molar-refractivity contribution in [3.63, 3.8) is 0 Å². The predicted molar refractivity (Wildman–Crippen MR) is 105 cm³/mol. The highest BCUT2D eigenvalue weighted by Gasteiger charge is 2.30. The first-order valence-corrected chi connectivity index (χ1v) is 10.5. The Hall–Kier alpha value is -2.98. The average molecular weight is 417 g/mol. The minimum absolute atomic E-state index is 0.218. The molecule has 10 heteroatoms. The summed E-state index contributed by atoms with van der Waals surface area (Å²) in [5.41, 5.74) is 6.89. The van der Waals surface area contributed by atoms with Crippen molar-refractivity contribution in [1.29, 1.82) is 0 Å². The summed E-state index contributed by atoms with van der Waals surface area (Å²) in [6.45, 7) is 1.45. The van der Waals surface area contributed by atoms with Crippen LogP contribution in [0, 0.1) is 5.82 Å². The molecule has 0 bridgehead atoms. The predicted octanol–water partition coefficient (Wildman–Crippen LogP) is 1.89. The molecule has 1 aliphatic heterocycles. The number of aromatic nitrogens is 2. The zero-order chi connectivity index (χ0) is 20.4. The van der Waals surface area contributed by atoms with Gasteiger partial charge in [0.1, 0.15) is 5.82 Å². The summed E-state index contributed by atoms with van der Waals surface area (Å²) >= 11 is 0. The van der Waals surface area contributed by atoms with Gasteiger partial charge in [0, 0.05) is 38.3 Å². The van der Waals surface area contributed by atoms with E-state index >= 15 is 0 Å². The Morgan fingerprint density at radius 3 is 2.48 bits per heavy atom. The molecule has 2 aromatic carbocycles. The van der Waals surface area contributed by atoms with Crippen LogP contribution in [0.4, 0.5) is 16.1 Å². The molecule has 1 aromatic heterocycles. The van der Waals surface area contributed by atoms with Crippen LogP contribution in [0.2, 0.25) is 0 Å². The van der Waals surface area contributed by atoms with E-state index in [2.05, 4.69) is 10.1 Å². The van der Waals surface area contributed by atoms with Crippen molar-refractivity contribution in [2.75, 3.05) is 36.8 Å². The number of nitrogen functional groups attached to an aromatic ring is 1. The average Bonchev–Trinajstić information content (AvgIpc) is 3.17. The quantitative estimate of drug-likeness (QED) is 0.632. The molecule has 29 heavy (non-hydrogen) atoms. The Bertz CT molecular complexity index is 1090. The normalized spacial score (nSPS) is 15.6. The molecule has 3 aromatic rings. The van der Waals surface area contributed by atoms with Gasteiger partial charge in [-0.25, -0.2) is 12.8 Å². The van der Waals surface area contributed by atoms with Gasteiger partial charge in [0.05, 0.1) is 4.90 Å². The number of piperazine rings is 1. The standard InChI is InChI=1S/C19H20FN5O3S/c20-15-3-1-2-14(12-15)13-18-22-19(28-23-18)24-8-10-25(11-9-24)29(26,27)17-6-4-16(21)5-7-17/h1-7,12H,8-11,13,21H2. The number of sulfonamides is 1. The van der Waals surface area contributed by atoms with E-state index in [1.54, 1.807) is 24.3 Å². The fraction of sp³-hybridized carbons (Fsp3) is 0.263. The van der Waals surface area contributed by atoms with Crippen molar-refractivity contribution in [2.45, 2.75) is 11.3 Å². The minimum Gasteiger partial charge on any atom is -0.399 e. The largest absolute Gasteiger partial charge is 0.399 e. The molecule has 0 spiro atoms. The summed E-state index contributed by atoms with van der Waals surface area (Å²) in [4.78, 5) is 6.42. The van der Waals surface area contributed by atoms with Crippen molar-refractivity contribution >= 4 is 21.7 Å². The molecule has 4 rings (SSSR count). The number of nitrogens with zero attached hydrogens (tertiary/aromatic N) is 4. The van der Waals surface area contributed by atoms with Crippen LogP contribution < -0.4 is 10.6 Å². The molecule has 0 aliphatic carbocycles. The van der Waals surface area contributed by atoms with Crippen molar-refractivity contribution in [2.24, 2.45) is 0 Å². The number of hydrogen-bond acceptors (Lipinski definition) is 7. The Morgan fingerprint density at radius 1 is 1.07 bits per heavy atom. The van der Waals surface area contributed by atoms with Gasteiger partial charge in [0.2, 0.25) is 10.0 Å². The van der Waals surface area contributed by atoms with E-state index in [1.807, 2.05) is 4.90 Å². The van der Waals surface area contributed by atoms with Crippen LogP contribution in [0.1, 0.15) is 11.4 Å². The Kier molecular flexibility index (Phi) is 5.20. The van der Waals surface area contributed by atoms with Gasteiger partial charge in [-0.05, 0) is 42.0 Å². The highest BCUT2D eigenvalue weighted by atomic mass is 32.2. The van der Waals surface area contributed by atoms with Gasteiger partial charge in [-0.3, -0.25) is 0 Å². The van der Waals surface area contributed by atoms with Crippen LogP contribution in [0.3, 0.4) is 0 Å². The zero-order valence-corrected chi connectivity index (χ0v) is 16.3. The molecule has 0 unspecified atom stereocenters. The Labute approximate surface area is 167 Å². The highest BCUT2D eigenvalue weighted by Crippen LogP contribution is 2.21. The maximum atomic E-state index is 13.3. The monoisotopic (exact) mass is 417 g/mol. The van der Waals surface area contributed by atoms with Crippen LogP contribution in [0.25, 0.3) is 0 Å². The molecule has 152 valence electrons. The number of rotatable bonds is 5. The van der Waals surface area contributed by atoms with E-state index in [1.165, 1.54) is 28.6 Å². The van der Waals surface area contributed by atoms with Gasteiger partial charge in [0.15, 0.2) is 5.82 Å². The Balaban J connectivity index is 1.40. The number of anilines is 2. The van der Waals surface area contributed by atoms with Crippen LogP contribution >= 0.6 is 0 Å². The number of hydrogen-bond donors (Lipinski definition) is 1. The lowest BCUT2D eigenvalue weighted by Crippen LogP contribution is -2.48. The summed E-state index contributed by atoms with van der Waals surface area (Å²) in [6.07, 6.45) is 0.354. The molecule has 0 saturated carbocycles. The second kappa shape index (κ2) is 7.80. The summed E-state index contributed by atoms with van der Waals surface area (Å²) in [6, 6.07) is 12.7. The van der Waals surface area contributed by atoms with Crippen LogP contribution in [-0.4, -0.2) is 49.0 Å². The molecule has 8 nitrogen and oxygen atoms in total. The molecular weight excluding hydrogens is 397 g/mol. The van der Waals surface area contributed by atoms with Crippen LogP contribution in [-0.2, 0) is 16.4 Å². The molecule has 1 aliphatic rings. The first-order valence-electron chi connectivity index (χ1n) is 9.09. The fourth-order valence-electron chi connectivity index (χ4n) is 3.18. The van der Waals surface area contributed by atoms with E-state index < -0.39 is 10.0 Å². The second-order valence-electron chi connectivity index (χ2n) is 6.76. The Morgan fingerprint density at radius 2 is 1.79 bits per heavy atom. The first kappa shape index (κ1) is 19.3. The van der Waals surface area contributed by atoms with Gasteiger partial charge in [-0.1, -0.05) is 17.3 Å². The number of benzene rings is 2. The SMILES string of the molecule is Nc1ccc(S(=O)(=O)N2CCN(c3nc(Cc4cccc(F)c4)no3)CC2)cc1. The lowest BCUT2D eigenvalue weighted by molar-refractivity contribution is 0.353. The first-order chi connectivity index (χ1) is 13.9. The van der Waals surface area contributed by atoms with E-state index in [4.69, 9.17) is 10.3 Å². The van der Waals surface area contributed by atoms with Crippen molar-refractivity contribution < 1.29 is 17.3 Å². The third kappa shape index (κ3) is 4.22. The molecular formula is C19H20FN5O3S. The van der Waals surface area contributed by atoms with Crippen molar-refractivity contribution in [3.8, 4) is 0 Å². The smallest absolute Gasteiger partial charge is 0.324 e. The number of halogens is 1.